The number of benzene rings is 9. The molecule has 10 aromatic rings. The van der Waals surface area contributed by atoms with Crippen molar-refractivity contribution in [2.75, 3.05) is 14.7 Å². The molecule has 12 rings (SSSR count). The number of hydrogen-bond acceptors (Lipinski definition) is 3. The highest BCUT2D eigenvalue weighted by Crippen LogP contribution is 2.46. The molecule has 0 spiro atoms. The average molecular weight is 877 g/mol. The Morgan fingerprint density at radius 1 is 0.412 bits per heavy atom. The number of nitrogens with zero attached hydrogens (tertiary/aromatic N) is 4. The predicted octanol–water partition coefficient (Wildman–Crippen LogP) is 17.2. The molecule has 1 aliphatic carbocycles. The zero-order valence-electron chi connectivity index (χ0n) is 38.7. The van der Waals surface area contributed by atoms with Gasteiger partial charge in [0.25, 0.3) is 0 Å². The first-order chi connectivity index (χ1) is 33.4. The number of anilines is 8. The first-order valence-electron chi connectivity index (χ1n) is 23.8. The number of rotatable bonds is 9. The quantitative estimate of drug-likeness (QED) is 0.144. The highest BCUT2D eigenvalue weighted by atomic mass is 15.2. The van der Waals surface area contributed by atoms with Crippen LogP contribution >= 0.6 is 0 Å². The molecule has 0 saturated carbocycles. The van der Waals surface area contributed by atoms with E-state index < -0.39 is 0 Å². The zero-order chi connectivity index (χ0) is 45.7. The van der Waals surface area contributed by atoms with Gasteiger partial charge in [0.15, 0.2) is 0 Å². The Kier molecular flexibility index (Phi) is 10.4. The number of hydrogen-bond donors (Lipinski definition) is 0. The molecule has 2 atom stereocenters. The van der Waals surface area contributed by atoms with Crippen molar-refractivity contribution in [2.45, 2.75) is 33.2 Å². The van der Waals surface area contributed by atoms with Crippen LogP contribution in [0.2, 0.25) is 0 Å². The minimum absolute atomic E-state index is 0.246. The Hall–Kier alpha value is -8.34. The largest absolute Gasteiger partial charge is 0.333 e. The maximum absolute atomic E-state index is 2.56. The Labute approximate surface area is 399 Å². The number of aromatic nitrogens is 1. The monoisotopic (exact) mass is 876 g/mol. The van der Waals surface area contributed by atoms with Crippen molar-refractivity contribution in [2.24, 2.45) is 5.92 Å². The lowest BCUT2D eigenvalue weighted by Crippen LogP contribution is -2.37. The van der Waals surface area contributed by atoms with Crippen LogP contribution in [0.3, 0.4) is 0 Å². The molecule has 0 radical (unpaired) electrons. The van der Waals surface area contributed by atoms with E-state index in [4.69, 9.17) is 0 Å². The molecule has 0 amide bonds. The molecule has 0 saturated heterocycles. The van der Waals surface area contributed by atoms with Gasteiger partial charge in [0.2, 0.25) is 0 Å². The fraction of sp³-hybridized carbons (Fsp3) is 0.0938. The van der Waals surface area contributed by atoms with Gasteiger partial charge in [-0.1, -0.05) is 145 Å². The molecule has 0 bridgehead atoms. The van der Waals surface area contributed by atoms with Crippen LogP contribution in [0.5, 0.6) is 0 Å². The van der Waals surface area contributed by atoms with Crippen LogP contribution in [0, 0.1) is 19.8 Å². The summed E-state index contributed by atoms with van der Waals surface area (Å²) in [4.78, 5) is 7.33. The standard InChI is InChI=1S/C64H52N4/c1-44-21-29-52(30-22-44)65(56-37-39-62-50(42-56)41-49-14-8-11-19-61(49)68(62)60-18-10-7-13-46(60)3)54-33-25-47(26-34-54)48-27-35-55(36-28-48)66(53-31-23-45(2)24-32-53)57-38-40-64-59(43-57)58-17-9-12-20-63(58)67(64)51-15-5-4-6-16-51/h4-40,42-43,46,60H,41H2,1-3H3. The summed E-state index contributed by atoms with van der Waals surface area (Å²) >= 11 is 0. The highest BCUT2D eigenvalue weighted by Gasteiger charge is 2.31. The third-order valence-electron chi connectivity index (χ3n) is 14.0. The Bertz CT molecular complexity index is 3510. The second-order valence-electron chi connectivity index (χ2n) is 18.4. The zero-order valence-corrected chi connectivity index (χ0v) is 38.7. The molecule has 4 nitrogen and oxygen atoms in total. The average Bonchev–Trinajstić information content (AvgIpc) is 3.71. The number of para-hydroxylation sites is 3. The van der Waals surface area contributed by atoms with Crippen molar-refractivity contribution in [3.63, 3.8) is 0 Å². The molecule has 2 aliphatic rings. The minimum atomic E-state index is 0.246. The third-order valence-corrected chi connectivity index (χ3v) is 14.0. The van der Waals surface area contributed by atoms with Crippen LogP contribution in [-0.4, -0.2) is 10.6 Å². The summed E-state index contributed by atoms with van der Waals surface area (Å²) in [6, 6.07) is 78.4. The molecule has 2 heterocycles. The van der Waals surface area contributed by atoms with Crippen LogP contribution < -0.4 is 14.7 Å². The second-order valence-corrected chi connectivity index (χ2v) is 18.4. The lowest BCUT2D eigenvalue weighted by molar-refractivity contribution is 0.604. The van der Waals surface area contributed by atoms with Gasteiger partial charge in [-0.05, 0) is 151 Å². The smallest absolute Gasteiger partial charge is 0.0585 e. The summed E-state index contributed by atoms with van der Waals surface area (Å²) in [6.07, 6.45) is 9.94. The van der Waals surface area contributed by atoms with E-state index in [-0.39, 0.29) is 6.04 Å². The van der Waals surface area contributed by atoms with Gasteiger partial charge in [-0.15, -0.1) is 0 Å². The van der Waals surface area contributed by atoms with Crippen LogP contribution in [0.1, 0.15) is 29.2 Å². The predicted molar refractivity (Wildman–Crippen MR) is 288 cm³/mol. The summed E-state index contributed by atoms with van der Waals surface area (Å²) < 4.78 is 2.37. The molecule has 68 heavy (non-hydrogen) atoms. The van der Waals surface area contributed by atoms with E-state index in [0.717, 1.165) is 46.2 Å². The van der Waals surface area contributed by atoms with Gasteiger partial charge in [0.1, 0.15) is 0 Å². The Morgan fingerprint density at radius 3 is 1.56 bits per heavy atom. The first kappa shape index (κ1) is 41.1. The first-order valence-corrected chi connectivity index (χ1v) is 23.8. The fourth-order valence-electron chi connectivity index (χ4n) is 10.5. The molecular weight excluding hydrogens is 825 g/mol. The molecule has 9 aromatic carbocycles. The van der Waals surface area contributed by atoms with Gasteiger partial charge in [-0.25, -0.2) is 0 Å². The van der Waals surface area contributed by atoms with Crippen LogP contribution in [0.25, 0.3) is 38.6 Å². The summed E-state index contributed by atoms with van der Waals surface area (Å²) in [7, 11) is 0. The normalized spacial score (nSPS) is 15.1. The number of fused-ring (bicyclic) bond motifs is 5. The topological polar surface area (TPSA) is 14.7 Å². The maximum atomic E-state index is 2.56. The van der Waals surface area contributed by atoms with Crippen molar-refractivity contribution < 1.29 is 0 Å². The van der Waals surface area contributed by atoms with E-state index in [9.17, 15) is 0 Å². The van der Waals surface area contributed by atoms with Crippen LogP contribution in [-0.2, 0) is 6.42 Å². The van der Waals surface area contributed by atoms with Gasteiger partial charge >= 0.3 is 0 Å². The van der Waals surface area contributed by atoms with Crippen LogP contribution in [0.15, 0.2) is 237 Å². The van der Waals surface area contributed by atoms with E-state index in [1.54, 1.807) is 0 Å². The van der Waals surface area contributed by atoms with Crippen molar-refractivity contribution >= 4 is 67.3 Å². The Balaban J connectivity index is 0.888. The lowest BCUT2D eigenvalue weighted by atomic mass is 9.89. The van der Waals surface area contributed by atoms with Gasteiger partial charge in [-0.3, -0.25) is 0 Å². The molecular formula is C64H52N4. The third kappa shape index (κ3) is 7.35. The van der Waals surface area contributed by atoms with Gasteiger partial charge in [0.05, 0.1) is 17.1 Å². The molecule has 1 aromatic heterocycles. The SMILES string of the molecule is Cc1ccc(N(c2ccc(-c3ccc(N(c4ccc(C)cc4)c4ccc5c(c4)c4ccccc4n5-c4ccccc4)cc3)cc2)c2ccc3c(c2)Cc2ccccc2N3C2C=CC=CC2C)cc1. The molecule has 4 heteroatoms. The van der Waals surface area contributed by atoms with Gasteiger partial charge < -0.3 is 19.3 Å². The van der Waals surface area contributed by atoms with Crippen molar-refractivity contribution in [1.29, 1.82) is 0 Å². The highest BCUT2D eigenvalue weighted by molar-refractivity contribution is 6.10. The summed E-state index contributed by atoms with van der Waals surface area (Å²) in [5, 5.41) is 2.46. The molecule has 1 aliphatic heterocycles. The molecule has 2 unspecified atom stereocenters. The van der Waals surface area contributed by atoms with E-state index in [1.807, 2.05) is 0 Å². The summed E-state index contributed by atoms with van der Waals surface area (Å²) in [5.41, 5.74) is 20.4. The van der Waals surface area contributed by atoms with E-state index in [0.29, 0.717) is 5.92 Å². The second kappa shape index (κ2) is 17.1. The maximum Gasteiger partial charge on any atom is 0.0585 e. The van der Waals surface area contributed by atoms with Crippen molar-refractivity contribution in [1.82, 2.24) is 4.57 Å². The minimum Gasteiger partial charge on any atom is -0.333 e. The summed E-state index contributed by atoms with van der Waals surface area (Å²) in [6.45, 7) is 6.62. The molecule has 0 fully saturated rings. The van der Waals surface area contributed by atoms with E-state index in [2.05, 4.69) is 277 Å². The van der Waals surface area contributed by atoms with E-state index in [1.165, 1.54) is 66.6 Å². The van der Waals surface area contributed by atoms with Crippen LogP contribution in [0.4, 0.5) is 45.5 Å². The number of allylic oxidation sites excluding steroid dienone is 2. The van der Waals surface area contributed by atoms with Crippen molar-refractivity contribution in [3.8, 4) is 16.8 Å². The summed E-state index contributed by atoms with van der Waals surface area (Å²) in [5.74, 6) is 0.389. The van der Waals surface area contributed by atoms with E-state index >= 15 is 0 Å². The number of aryl methyl sites for hydroxylation is 2. The van der Waals surface area contributed by atoms with Gasteiger partial charge in [0, 0.05) is 68.4 Å². The Morgan fingerprint density at radius 2 is 0.912 bits per heavy atom. The molecule has 328 valence electrons. The fourth-order valence-corrected chi connectivity index (χ4v) is 10.5. The molecule has 0 N–H and O–H groups in total. The lowest BCUT2D eigenvalue weighted by Gasteiger charge is -2.41. The van der Waals surface area contributed by atoms with Gasteiger partial charge in [-0.2, -0.15) is 0 Å². The van der Waals surface area contributed by atoms with Crippen molar-refractivity contribution in [3.05, 3.63) is 259 Å².